The van der Waals surface area contributed by atoms with Crippen LogP contribution in [0.15, 0.2) is 17.6 Å². The lowest BCUT2D eigenvalue weighted by atomic mass is 10.2. The SMILES string of the molecule is CCOC(=O)c1csc(-c2cnc(Cl)cc2NC(C)C)n1. The van der Waals surface area contributed by atoms with Crippen molar-refractivity contribution in [2.75, 3.05) is 11.9 Å². The quantitative estimate of drug-likeness (QED) is 0.668. The number of pyridine rings is 1. The van der Waals surface area contributed by atoms with Crippen LogP contribution in [-0.4, -0.2) is 28.6 Å². The van der Waals surface area contributed by atoms with E-state index in [0.717, 1.165) is 11.3 Å². The normalized spacial score (nSPS) is 10.7. The Morgan fingerprint density at radius 1 is 1.52 bits per heavy atom. The third kappa shape index (κ3) is 3.92. The highest BCUT2D eigenvalue weighted by atomic mass is 35.5. The zero-order valence-electron chi connectivity index (χ0n) is 12.0. The Kier molecular flexibility index (Phi) is 5.14. The molecule has 0 spiro atoms. The minimum absolute atomic E-state index is 0.242. The third-order valence-corrected chi connectivity index (χ3v) is 3.62. The molecule has 0 aliphatic carbocycles. The lowest BCUT2D eigenvalue weighted by Gasteiger charge is -2.13. The van der Waals surface area contributed by atoms with Gasteiger partial charge >= 0.3 is 5.97 Å². The molecule has 0 unspecified atom stereocenters. The number of aromatic nitrogens is 2. The molecule has 21 heavy (non-hydrogen) atoms. The molecule has 0 saturated carbocycles. The number of thiazole rings is 1. The molecule has 0 atom stereocenters. The van der Waals surface area contributed by atoms with Crippen LogP contribution in [0, 0.1) is 0 Å². The van der Waals surface area contributed by atoms with Gasteiger partial charge in [-0.1, -0.05) is 11.6 Å². The summed E-state index contributed by atoms with van der Waals surface area (Å²) >= 11 is 7.31. The number of hydrogen-bond donors (Lipinski definition) is 1. The first-order chi connectivity index (χ1) is 10.0. The molecule has 0 aliphatic rings. The van der Waals surface area contributed by atoms with E-state index in [0.29, 0.717) is 22.5 Å². The standard InChI is InChI=1S/C14H16ClN3O2S/c1-4-20-14(19)11-7-21-13(18-11)9-6-16-12(15)5-10(9)17-8(2)3/h5-8H,4H2,1-3H3,(H,16,17). The Balaban J connectivity index is 2.35. The van der Waals surface area contributed by atoms with Crippen LogP contribution in [0.2, 0.25) is 5.15 Å². The van der Waals surface area contributed by atoms with Crippen LogP contribution in [0.4, 0.5) is 5.69 Å². The summed E-state index contributed by atoms with van der Waals surface area (Å²) in [5, 5.41) is 6.09. The van der Waals surface area contributed by atoms with Gasteiger partial charge in [0.25, 0.3) is 0 Å². The zero-order chi connectivity index (χ0) is 15.4. The molecule has 0 aromatic carbocycles. The number of halogens is 1. The average molecular weight is 326 g/mol. The molecule has 2 aromatic rings. The second-order valence-corrected chi connectivity index (χ2v) is 5.86. The molecular formula is C14H16ClN3O2S. The lowest BCUT2D eigenvalue weighted by Crippen LogP contribution is -2.11. The van der Waals surface area contributed by atoms with Crippen molar-refractivity contribution in [1.82, 2.24) is 9.97 Å². The zero-order valence-corrected chi connectivity index (χ0v) is 13.6. The van der Waals surface area contributed by atoms with Gasteiger partial charge in [0.2, 0.25) is 0 Å². The van der Waals surface area contributed by atoms with Crippen molar-refractivity contribution >= 4 is 34.6 Å². The minimum Gasteiger partial charge on any atom is -0.461 e. The molecule has 0 bridgehead atoms. The number of rotatable bonds is 5. The van der Waals surface area contributed by atoms with Gasteiger partial charge in [0.1, 0.15) is 10.2 Å². The van der Waals surface area contributed by atoms with Crippen molar-refractivity contribution in [1.29, 1.82) is 0 Å². The fourth-order valence-corrected chi connectivity index (χ4v) is 2.70. The van der Waals surface area contributed by atoms with Gasteiger partial charge < -0.3 is 10.1 Å². The molecule has 0 aliphatic heterocycles. The van der Waals surface area contributed by atoms with Gasteiger partial charge in [-0.05, 0) is 26.8 Å². The summed E-state index contributed by atoms with van der Waals surface area (Å²) in [6.45, 7) is 6.15. The second kappa shape index (κ2) is 6.87. The molecular weight excluding hydrogens is 310 g/mol. The second-order valence-electron chi connectivity index (χ2n) is 4.61. The van der Waals surface area contributed by atoms with Gasteiger partial charge in [-0.2, -0.15) is 0 Å². The predicted octanol–water partition coefficient (Wildman–Crippen LogP) is 3.86. The number of nitrogens with zero attached hydrogens (tertiary/aromatic N) is 2. The van der Waals surface area contributed by atoms with Crippen molar-refractivity contribution in [2.45, 2.75) is 26.8 Å². The van der Waals surface area contributed by atoms with Crippen molar-refractivity contribution < 1.29 is 9.53 Å². The molecule has 1 N–H and O–H groups in total. The lowest BCUT2D eigenvalue weighted by molar-refractivity contribution is 0.0520. The summed E-state index contributed by atoms with van der Waals surface area (Å²) in [6.07, 6.45) is 1.65. The maximum atomic E-state index is 11.7. The van der Waals surface area contributed by atoms with Gasteiger partial charge in [-0.25, -0.2) is 14.8 Å². The van der Waals surface area contributed by atoms with E-state index in [2.05, 4.69) is 15.3 Å². The summed E-state index contributed by atoms with van der Waals surface area (Å²) in [5.41, 5.74) is 1.96. The number of hydrogen-bond acceptors (Lipinski definition) is 6. The van der Waals surface area contributed by atoms with Gasteiger partial charge in [0.05, 0.1) is 12.2 Å². The summed E-state index contributed by atoms with van der Waals surface area (Å²) in [7, 11) is 0. The molecule has 0 amide bonds. The topological polar surface area (TPSA) is 64.1 Å². The first kappa shape index (κ1) is 15.7. The van der Waals surface area contributed by atoms with Crippen LogP contribution in [0.3, 0.4) is 0 Å². The van der Waals surface area contributed by atoms with Crippen LogP contribution in [0.5, 0.6) is 0 Å². The van der Waals surface area contributed by atoms with Crippen LogP contribution in [0.1, 0.15) is 31.3 Å². The summed E-state index contributed by atoms with van der Waals surface area (Å²) in [5.74, 6) is -0.416. The number of nitrogens with one attached hydrogen (secondary N) is 1. The van der Waals surface area contributed by atoms with E-state index in [9.17, 15) is 4.79 Å². The number of ether oxygens (including phenoxy) is 1. The molecule has 0 fully saturated rings. The minimum atomic E-state index is -0.416. The fraction of sp³-hybridized carbons (Fsp3) is 0.357. The van der Waals surface area contributed by atoms with E-state index < -0.39 is 5.97 Å². The van der Waals surface area contributed by atoms with Gasteiger partial charge in [0.15, 0.2) is 5.69 Å². The molecule has 2 rings (SSSR count). The smallest absolute Gasteiger partial charge is 0.357 e. The number of carbonyl (C=O) groups is 1. The van der Waals surface area contributed by atoms with E-state index in [1.165, 1.54) is 11.3 Å². The third-order valence-electron chi connectivity index (χ3n) is 2.53. The highest BCUT2D eigenvalue weighted by molar-refractivity contribution is 7.13. The number of esters is 1. The van der Waals surface area contributed by atoms with Crippen LogP contribution in [-0.2, 0) is 4.74 Å². The molecule has 5 nitrogen and oxygen atoms in total. The Morgan fingerprint density at radius 3 is 2.95 bits per heavy atom. The first-order valence-corrected chi connectivity index (χ1v) is 7.82. The van der Waals surface area contributed by atoms with Crippen molar-refractivity contribution in [3.05, 3.63) is 28.5 Å². The van der Waals surface area contributed by atoms with Crippen LogP contribution in [0.25, 0.3) is 10.6 Å². The molecule has 2 heterocycles. The maximum absolute atomic E-state index is 11.7. The first-order valence-electron chi connectivity index (χ1n) is 6.56. The van der Waals surface area contributed by atoms with Crippen molar-refractivity contribution in [3.63, 3.8) is 0 Å². The van der Waals surface area contributed by atoms with Gasteiger partial charge in [-0.3, -0.25) is 0 Å². The van der Waals surface area contributed by atoms with E-state index in [1.54, 1.807) is 24.6 Å². The van der Waals surface area contributed by atoms with E-state index in [-0.39, 0.29) is 6.04 Å². The Hall–Kier alpha value is -1.66. The van der Waals surface area contributed by atoms with Gasteiger partial charge in [0, 0.05) is 23.3 Å². The number of anilines is 1. The molecule has 0 radical (unpaired) electrons. The largest absolute Gasteiger partial charge is 0.461 e. The van der Waals surface area contributed by atoms with Crippen molar-refractivity contribution in [2.24, 2.45) is 0 Å². The van der Waals surface area contributed by atoms with E-state index in [4.69, 9.17) is 16.3 Å². The summed E-state index contributed by atoms with van der Waals surface area (Å²) < 4.78 is 4.94. The maximum Gasteiger partial charge on any atom is 0.357 e. The number of carbonyl (C=O) groups excluding carboxylic acids is 1. The molecule has 2 aromatic heterocycles. The van der Waals surface area contributed by atoms with Crippen molar-refractivity contribution in [3.8, 4) is 10.6 Å². The van der Waals surface area contributed by atoms with E-state index >= 15 is 0 Å². The summed E-state index contributed by atoms with van der Waals surface area (Å²) in [4.78, 5) is 20.1. The Bertz CT molecular complexity index is 643. The highest BCUT2D eigenvalue weighted by Gasteiger charge is 2.16. The monoisotopic (exact) mass is 325 g/mol. The summed E-state index contributed by atoms with van der Waals surface area (Å²) in [6, 6.07) is 1.99. The molecule has 112 valence electrons. The van der Waals surface area contributed by atoms with Gasteiger partial charge in [-0.15, -0.1) is 11.3 Å². The fourth-order valence-electron chi connectivity index (χ4n) is 1.73. The van der Waals surface area contributed by atoms with Crippen LogP contribution < -0.4 is 5.32 Å². The molecule has 7 heteroatoms. The average Bonchev–Trinajstić information content (AvgIpc) is 2.88. The van der Waals surface area contributed by atoms with E-state index in [1.807, 2.05) is 13.8 Å². The predicted molar refractivity (Wildman–Crippen MR) is 85.1 cm³/mol. The highest BCUT2D eigenvalue weighted by Crippen LogP contribution is 2.32. The van der Waals surface area contributed by atoms with Crippen LogP contribution >= 0.6 is 22.9 Å². The Morgan fingerprint density at radius 2 is 2.29 bits per heavy atom. The molecule has 0 saturated heterocycles. The Labute approximate surface area is 132 Å².